The van der Waals surface area contributed by atoms with Crippen LogP contribution in [0.5, 0.6) is 0 Å². The minimum Gasteiger partial charge on any atom is -0.338 e. The van der Waals surface area contributed by atoms with Gasteiger partial charge in [0.15, 0.2) is 0 Å². The molecule has 0 bridgehead atoms. The van der Waals surface area contributed by atoms with Crippen LogP contribution in [-0.4, -0.2) is 62.0 Å². The number of nitrogens with zero attached hydrogens (tertiary/aromatic N) is 2. The van der Waals surface area contributed by atoms with Crippen molar-refractivity contribution in [1.82, 2.24) is 15.1 Å². The first-order valence-electron chi connectivity index (χ1n) is 6.80. The molecule has 1 amide bonds. The Bertz CT molecular complexity index is 225. The minimum atomic E-state index is 0.314. The summed E-state index contributed by atoms with van der Waals surface area (Å²) in [5.41, 5.74) is 0. The first-order chi connectivity index (χ1) is 8.15. The Labute approximate surface area is 105 Å². The zero-order valence-electron chi connectivity index (χ0n) is 11.5. The summed E-state index contributed by atoms with van der Waals surface area (Å²) in [6, 6.07) is 0.415. The summed E-state index contributed by atoms with van der Waals surface area (Å²) in [7, 11) is 4.03. The van der Waals surface area contributed by atoms with Crippen LogP contribution in [0.2, 0.25) is 0 Å². The van der Waals surface area contributed by atoms with Crippen molar-refractivity contribution in [3.05, 3.63) is 0 Å². The summed E-state index contributed by atoms with van der Waals surface area (Å²) in [5.74, 6) is 0.314. The van der Waals surface area contributed by atoms with Gasteiger partial charge in [0.05, 0.1) is 0 Å². The van der Waals surface area contributed by atoms with E-state index < -0.39 is 0 Å². The van der Waals surface area contributed by atoms with Crippen LogP contribution in [0.4, 0.5) is 0 Å². The number of piperidine rings is 1. The lowest BCUT2D eigenvalue weighted by molar-refractivity contribution is -0.134. The third-order valence-corrected chi connectivity index (χ3v) is 3.27. The molecule has 0 spiro atoms. The third-order valence-electron chi connectivity index (χ3n) is 3.27. The maximum atomic E-state index is 12.2. The fourth-order valence-corrected chi connectivity index (χ4v) is 2.31. The summed E-state index contributed by atoms with van der Waals surface area (Å²) in [6.07, 6.45) is 4.03. The fourth-order valence-electron chi connectivity index (χ4n) is 2.31. The highest BCUT2D eigenvalue weighted by atomic mass is 16.2. The van der Waals surface area contributed by atoms with Gasteiger partial charge in [-0.25, -0.2) is 0 Å². The molecule has 0 radical (unpaired) electrons. The van der Waals surface area contributed by atoms with E-state index in [1.807, 2.05) is 14.1 Å². The maximum absolute atomic E-state index is 12.2. The van der Waals surface area contributed by atoms with Gasteiger partial charge in [-0.05, 0) is 39.9 Å². The van der Waals surface area contributed by atoms with Gasteiger partial charge in [-0.3, -0.25) is 4.79 Å². The number of rotatable bonds is 6. The van der Waals surface area contributed by atoms with Gasteiger partial charge in [-0.15, -0.1) is 0 Å². The number of amides is 1. The smallest absolute Gasteiger partial charge is 0.224 e. The van der Waals surface area contributed by atoms with E-state index in [2.05, 4.69) is 22.0 Å². The highest BCUT2D eigenvalue weighted by Gasteiger charge is 2.24. The predicted molar refractivity (Wildman–Crippen MR) is 71.1 cm³/mol. The molecule has 17 heavy (non-hydrogen) atoms. The molecule has 0 aromatic rings. The first kappa shape index (κ1) is 14.5. The summed E-state index contributed by atoms with van der Waals surface area (Å²) >= 11 is 0. The molecule has 0 aromatic heterocycles. The van der Waals surface area contributed by atoms with Crippen LogP contribution in [0, 0.1) is 0 Å². The van der Waals surface area contributed by atoms with E-state index in [0.717, 1.165) is 39.0 Å². The van der Waals surface area contributed by atoms with Crippen LogP contribution in [0.1, 0.15) is 32.6 Å². The fraction of sp³-hybridized carbons (Fsp3) is 0.923. The minimum absolute atomic E-state index is 0.314. The Hall–Kier alpha value is -0.610. The third kappa shape index (κ3) is 5.04. The van der Waals surface area contributed by atoms with Crippen LogP contribution >= 0.6 is 0 Å². The second kappa shape index (κ2) is 7.67. The number of nitrogens with one attached hydrogen (secondary N) is 1. The van der Waals surface area contributed by atoms with Crippen LogP contribution in [0.3, 0.4) is 0 Å². The number of carbonyl (C=O) groups is 1. The maximum Gasteiger partial charge on any atom is 0.224 e. The van der Waals surface area contributed by atoms with E-state index in [9.17, 15) is 4.79 Å². The number of carbonyl (C=O) groups excluding carboxylic acids is 1. The highest BCUT2D eigenvalue weighted by molar-refractivity contribution is 5.76. The SMILES string of the molecule is CCCN(C(=O)CCN(C)C)C1CCCNC1. The van der Waals surface area contributed by atoms with Crippen molar-refractivity contribution < 1.29 is 4.79 Å². The number of hydrogen-bond acceptors (Lipinski definition) is 3. The second-order valence-corrected chi connectivity index (χ2v) is 5.14. The molecule has 0 aliphatic carbocycles. The average Bonchev–Trinajstić information content (AvgIpc) is 2.34. The van der Waals surface area contributed by atoms with E-state index in [-0.39, 0.29) is 0 Å². The van der Waals surface area contributed by atoms with Gasteiger partial charge in [-0.2, -0.15) is 0 Å². The van der Waals surface area contributed by atoms with Gasteiger partial charge in [0.2, 0.25) is 5.91 Å². The molecule has 100 valence electrons. The molecule has 1 rings (SSSR count). The number of hydrogen-bond donors (Lipinski definition) is 1. The van der Waals surface area contributed by atoms with Crippen molar-refractivity contribution >= 4 is 5.91 Å². The van der Waals surface area contributed by atoms with Crippen molar-refractivity contribution in [1.29, 1.82) is 0 Å². The second-order valence-electron chi connectivity index (χ2n) is 5.14. The zero-order chi connectivity index (χ0) is 12.7. The molecule has 1 fully saturated rings. The standard InChI is InChI=1S/C13H27N3O/c1-4-9-16(12-6-5-8-14-11-12)13(17)7-10-15(2)3/h12,14H,4-11H2,1-3H3. The van der Waals surface area contributed by atoms with E-state index >= 15 is 0 Å². The van der Waals surface area contributed by atoms with Crippen molar-refractivity contribution in [2.45, 2.75) is 38.6 Å². The Morgan fingerprint density at radius 1 is 1.35 bits per heavy atom. The molecule has 1 aliphatic heterocycles. The Morgan fingerprint density at radius 3 is 2.65 bits per heavy atom. The molecule has 1 unspecified atom stereocenters. The van der Waals surface area contributed by atoms with Crippen molar-refractivity contribution in [3.63, 3.8) is 0 Å². The van der Waals surface area contributed by atoms with E-state index in [1.54, 1.807) is 0 Å². The molecule has 1 heterocycles. The topological polar surface area (TPSA) is 35.6 Å². The molecular weight excluding hydrogens is 214 g/mol. The van der Waals surface area contributed by atoms with Crippen molar-refractivity contribution in [2.24, 2.45) is 0 Å². The van der Waals surface area contributed by atoms with Crippen LogP contribution in [0.25, 0.3) is 0 Å². The molecule has 1 aliphatic rings. The lowest BCUT2D eigenvalue weighted by atomic mass is 10.0. The predicted octanol–water partition coefficient (Wildman–Crippen LogP) is 0.929. The quantitative estimate of drug-likeness (QED) is 0.751. The van der Waals surface area contributed by atoms with Gasteiger partial charge in [0, 0.05) is 32.1 Å². The molecular formula is C13H27N3O. The lowest BCUT2D eigenvalue weighted by Crippen LogP contribution is -2.49. The van der Waals surface area contributed by atoms with Crippen molar-refractivity contribution in [3.8, 4) is 0 Å². The van der Waals surface area contributed by atoms with Gasteiger partial charge >= 0.3 is 0 Å². The molecule has 4 nitrogen and oxygen atoms in total. The zero-order valence-corrected chi connectivity index (χ0v) is 11.5. The van der Waals surface area contributed by atoms with Crippen molar-refractivity contribution in [2.75, 3.05) is 40.3 Å². The molecule has 1 atom stereocenters. The van der Waals surface area contributed by atoms with Gasteiger partial charge < -0.3 is 15.1 Å². The highest BCUT2D eigenvalue weighted by Crippen LogP contribution is 2.12. The van der Waals surface area contributed by atoms with Crippen LogP contribution in [0.15, 0.2) is 0 Å². The lowest BCUT2D eigenvalue weighted by Gasteiger charge is -2.35. The monoisotopic (exact) mass is 241 g/mol. The van der Waals surface area contributed by atoms with E-state index in [1.165, 1.54) is 6.42 Å². The van der Waals surface area contributed by atoms with E-state index in [0.29, 0.717) is 18.4 Å². The van der Waals surface area contributed by atoms with Gasteiger partial charge in [0.25, 0.3) is 0 Å². The Kier molecular flexibility index (Phi) is 6.52. The molecule has 4 heteroatoms. The Morgan fingerprint density at radius 2 is 2.12 bits per heavy atom. The van der Waals surface area contributed by atoms with Gasteiger partial charge in [0.1, 0.15) is 0 Å². The molecule has 0 aromatic carbocycles. The summed E-state index contributed by atoms with van der Waals surface area (Å²) in [6.45, 7) is 5.95. The molecule has 1 saturated heterocycles. The summed E-state index contributed by atoms with van der Waals surface area (Å²) in [4.78, 5) is 16.4. The van der Waals surface area contributed by atoms with Crippen LogP contribution in [-0.2, 0) is 4.79 Å². The summed E-state index contributed by atoms with van der Waals surface area (Å²) < 4.78 is 0. The van der Waals surface area contributed by atoms with Crippen LogP contribution < -0.4 is 5.32 Å². The molecule has 0 saturated carbocycles. The molecule has 1 N–H and O–H groups in total. The largest absolute Gasteiger partial charge is 0.338 e. The Balaban J connectivity index is 2.47. The first-order valence-corrected chi connectivity index (χ1v) is 6.80. The summed E-state index contributed by atoms with van der Waals surface area (Å²) in [5, 5.41) is 3.39. The normalized spacial score (nSPS) is 20.6. The average molecular weight is 241 g/mol. The van der Waals surface area contributed by atoms with E-state index in [4.69, 9.17) is 0 Å². The van der Waals surface area contributed by atoms with Gasteiger partial charge in [-0.1, -0.05) is 6.92 Å².